The highest BCUT2D eigenvalue weighted by Crippen LogP contribution is 2.23. The third kappa shape index (κ3) is 2.34. The zero-order chi connectivity index (χ0) is 16.5. The van der Waals surface area contributed by atoms with E-state index in [4.69, 9.17) is 0 Å². The standard InChI is InChI=1S/C18H15N5O/c1-22-16(13-7-3-2-4-8-13)15(12-20-22)17(24)21-18-19-11-14-9-5-6-10-23(14)18/h2-12H,1H3,(H,19,21,24). The minimum atomic E-state index is -0.238. The molecule has 1 aromatic carbocycles. The molecular formula is C18H15N5O. The molecule has 24 heavy (non-hydrogen) atoms. The Hall–Kier alpha value is -3.41. The number of carbonyl (C=O) groups is 1. The van der Waals surface area contributed by atoms with Crippen LogP contribution in [-0.4, -0.2) is 25.1 Å². The van der Waals surface area contributed by atoms with Crippen LogP contribution in [0.1, 0.15) is 10.4 Å². The van der Waals surface area contributed by atoms with Crippen molar-refractivity contribution in [1.82, 2.24) is 19.2 Å². The van der Waals surface area contributed by atoms with Crippen molar-refractivity contribution in [2.24, 2.45) is 7.05 Å². The van der Waals surface area contributed by atoms with Gasteiger partial charge in [-0.3, -0.25) is 19.2 Å². The van der Waals surface area contributed by atoms with E-state index in [0.717, 1.165) is 16.8 Å². The molecule has 6 heteroatoms. The summed E-state index contributed by atoms with van der Waals surface area (Å²) in [6.45, 7) is 0. The first-order chi connectivity index (χ1) is 11.7. The van der Waals surface area contributed by atoms with E-state index in [1.807, 2.05) is 66.2 Å². The number of fused-ring (bicyclic) bond motifs is 1. The first kappa shape index (κ1) is 14.2. The fourth-order valence-corrected chi connectivity index (χ4v) is 2.75. The Balaban J connectivity index is 1.71. The molecule has 4 rings (SSSR count). The maximum atomic E-state index is 12.7. The van der Waals surface area contributed by atoms with Crippen LogP contribution in [0.2, 0.25) is 0 Å². The van der Waals surface area contributed by atoms with Crippen LogP contribution in [0.4, 0.5) is 5.95 Å². The normalized spacial score (nSPS) is 10.9. The van der Waals surface area contributed by atoms with Gasteiger partial charge in [-0.2, -0.15) is 5.10 Å². The van der Waals surface area contributed by atoms with Crippen molar-refractivity contribution in [3.63, 3.8) is 0 Å². The lowest BCUT2D eigenvalue weighted by Crippen LogP contribution is -2.15. The van der Waals surface area contributed by atoms with E-state index in [-0.39, 0.29) is 5.91 Å². The average Bonchev–Trinajstić information content (AvgIpc) is 3.20. The summed E-state index contributed by atoms with van der Waals surface area (Å²) in [6.07, 6.45) is 5.16. The van der Waals surface area contributed by atoms with Gasteiger partial charge < -0.3 is 0 Å². The molecule has 0 aliphatic carbocycles. The SMILES string of the molecule is Cn1ncc(C(=O)Nc2ncc3ccccn23)c1-c1ccccc1. The zero-order valence-electron chi connectivity index (χ0n) is 13.0. The van der Waals surface area contributed by atoms with Crippen LogP contribution in [0.15, 0.2) is 67.1 Å². The number of pyridine rings is 1. The fourth-order valence-electron chi connectivity index (χ4n) is 2.75. The van der Waals surface area contributed by atoms with Crippen molar-refractivity contribution in [3.8, 4) is 11.3 Å². The number of benzene rings is 1. The largest absolute Gasteiger partial charge is 0.291 e. The van der Waals surface area contributed by atoms with Gasteiger partial charge >= 0.3 is 0 Å². The highest BCUT2D eigenvalue weighted by molar-refractivity contribution is 6.07. The number of hydrogen-bond acceptors (Lipinski definition) is 3. The molecule has 3 heterocycles. The van der Waals surface area contributed by atoms with Crippen LogP contribution in [-0.2, 0) is 7.05 Å². The van der Waals surface area contributed by atoms with E-state index in [9.17, 15) is 4.79 Å². The van der Waals surface area contributed by atoms with Crippen LogP contribution < -0.4 is 5.32 Å². The fraction of sp³-hybridized carbons (Fsp3) is 0.0556. The Morgan fingerprint density at radius 2 is 1.83 bits per heavy atom. The maximum absolute atomic E-state index is 12.7. The molecule has 0 radical (unpaired) electrons. The lowest BCUT2D eigenvalue weighted by Gasteiger charge is -2.07. The van der Waals surface area contributed by atoms with Gasteiger partial charge in [-0.05, 0) is 12.1 Å². The number of aryl methyl sites for hydroxylation is 1. The lowest BCUT2D eigenvalue weighted by atomic mass is 10.1. The van der Waals surface area contributed by atoms with Gasteiger partial charge in [0.05, 0.1) is 29.2 Å². The van der Waals surface area contributed by atoms with Crippen LogP contribution in [0.25, 0.3) is 16.8 Å². The van der Waals surface area contributed by atoms with E-state index in [1.165, 1.54) is 0 Å². The Bertz CT molecular complexity index is 1020. The summed E-state index contributed by atoms with van der Waals surface area (Å²) in [7, 11) is 1.82. The van der Waals surface area contributed by atoms with E-state index in [2.05, 4.69) is 15.4 Å². The molecule has 0 unspecified atom stereocenters. The number of nitrogens with one attached hydrogen (secondary N) is 1. The maximum Gasteiger partial charge on any atom is 0.261 e. The highest BCUT2D eigenvalue weighted by Gasteiger charge is 2.19. The van der Waals surface area contributed by atoms with Gasteiger partial charge in [-0.1, -0.05) is 36.4 Å². The second-order valence-corrected chi connectivity index (χ2v) is 5.43. The highest BCUT2D eigenvalue weighted by atomic mass is 16.1. The molecule has 0 spiro atoms. The van der Waals surface area contributed by atoms with Gasteiger partial charge in [-0.25, -0.2) is 4.98 Å². The van der Waals surface area contributed by atoms with Crippen molar-refractivity contribution in [3.05, 3.63) is 72.7 Å². The smallest absolute Gasteiger partial charge is 0.261 e. The van der Waals surface area contributed by atoms with E-state index in [1.54, 1.807) is 17.1 Å². The predicted molar refractivity (Wildman–Crippen MR) is 91.8 cm³/mol. The molecule has 118 valence electrons. The number of nitrogens with zero attached hydrogens (tertiary/aromatic N) is 4. The molecular weight excluding hydrogens is 302 g/mol. The summed E-state index contributed by atoms with van der Waals surface area (Å²) in [5, 5.41) is 7.10. The molecule has 0 bridgehead atoms. The molecule has 0 fully saturated rings. The number of anilines is 1. The quantitative estimate of drug-likeness (QED) is 0.632. The molecule has 1 N–H and O–H groups in total. The molecule has 0 saturated heterocycles. The molecule has 0 atom stereocenters. The van der Waals surface area contributed by atoms with Gasteiger partial charge in [0.2, 0.25) is 5.95 Å². The molecule has 6 nitrogen and oxygen atoms in total. The number of carbonyl (C=O) groups excluding carboxylic acids is 1. The number of amides is 1. The number of aromatic nitrogens is 4. The molecule has 0 saturated carbocycles. The van der Waals surface area contributed by atoms with Crippen molar-refractivity contribution in [2.45, 2.75) is 0 Å². The summed E-state index contributed by atoms with van der Waals surface area (Å²) in [5.41, 5.74) is 3.14. The predicted octanol–water partition coefficient (Wildman–Crippen LogP) is 2.99. The minimum absolute atomic E-state index is 0.238. The van der Waals surface area contributed by atoms with Gasteiger partial charge in [-0.15, -0.1) is 0 Å². The summed E-state index contributed by atoms with van der Waals surface area (Å²) in [4.78, 5) is 17.0. The number of rotatable bonds is 3. The van der Waals surface area contributed by atoms with Crippen molar-refractivity contribution in [2.75, 3.05) is 5.32 Å². The molecule has 0 aliphatic rings. The lowest BCUT2D eigenvalue weighted by molar-refractivity contribution is 0.102. The Morgan fingerprint density at radius 1 is 1.04 bits per heavy atom. The number of imidazole rings is 1. The third-order valence-corrected chi connectivity index (χ3v) is 3.89. The molecule has 4 aromatic rings. The monoisotopic (exact) mass is 317 g/mol. The summed E-state index contributed by atoms with van der Waals surface area (Å²) in [6, 6.07) is 15.5. The van der Waals surface area contributed by atoms with Crippen molar-refractivity contribution < 1.29 is 4.79 Å². The van der Waals surface area contributed by atoms with Crippen molar-refractivity contribution in [1.29, 1.82) is 0 Å². The van der Waals surface area contributed by atoms with Gasteiger partial charge in [0.1, 0.15) is 0 Å². The Labute approximate surface area is 138 Å². The van der Waals surface area contributed by atoms with E-state index < -0.39 is 0 Å². The van der Waals surface area contributed by atoms with Crippen LogP contribution in [0.5, 0.6) is 0 Å². The third-order valence-electron chi connectivity index (χ3n) is 3.89. The summed E-state index contributed by atoms with van der Waals surface area (Å²) >= 11 is 0. The minimum Gasteiger partial charge on any atom is -0.291 e. The van der Waals surface area contributed by atoms with E-state index >= 15 is 0 Å². The molecule has 1 amide bonds. The van der Waals surface area contributed by atoms with E-state index in [0.29, 0.717) is 11.5 Å². The van der Waals surface area contributed by atoms with Gasteiger partial charge in [0.25, 0.3) is 5.91 Å². The summed E-state index contributed by atoms with van der Waals surface area (Å²) < 4.78 is 3.53. The van der Waals surface area contributed by atoms with Crippen LogP contribution in [0.3, 0.4) is 0 Å². The first-order valence-corrected chi connectivity index (χ1v) is 7.55. The summed E-state index contributed by atoms with van der Waals surface area (Å²) in [5.74, 6) is 0.247. The zero-order valence-corrected chi connectivity index (χ0v) is 13.0. The Morgan fingerprint density at radius 3 is 2.67 bits per heavy atom. The van der Waals surface area contributed by atoms with Gasteiger partial charge in [0.15, 0.2) is 0 Å². The molecule has 0 aliphatic heterocycles. The van der Waals surface area contributed by atoms with Crippen LogP contribution >= 0.6 is 0 Å². The molecule has 3 aromatic heterocycles. The first-order valence-electron chi connectivity index (χ1n) is 7.55. The number of hydrogen-bond donors (Lipinski definition) is 1. The van der Waals surface area contributed by atoms with Gasteiger partial charge in [0, 0.05) is 18.8 Å². The second kappa shape index (κ2) is 5.66. The topological polar surface area (TPSA) is 64.2 Å². The average molecular weight is 317 g/mol. The van der Waals surface area contributed by atoms with Crippen molar-refractivity contribution >= 4 is 17.4 Å². The Kier molecular flexibility index (Phi) is 3.35. The second-order valence-electron chi connectivity index (χ2n) is 5.43. The van der Waals surface area contributed by atoms with Crippen LogP contribution in [0, 0.1) is 0 Å².